The highest BCUT2D eigenvalue weighted by atomic mass is 79.9. The van der Waals surface area contributed by atoms with Crippen molar-refractivity contribution >= 4 is 38.2 Å². The molecule has 19 heavy (non-hydrogen) atoms. The van der Waals surface area contributed by atoms with E-state index in [9.17, 15) is 0 Å². The van der Waals surface area contributed by atoms with Crippen LogP contribution < -0.4 is 0 Å². The first-order valence-electron chi connectivity index (χ1n) is 6.72. The van der Waals surface area contributed by atoms with E-state index in [2.05, 4.69) is 41.9 Å². The highest BCUT2D eigenvalue weighted by Crippen LogP contribution is 2.15. The van der Waals surface area contributed by atoms with Crippen LogP contribution in [0.3, 0.4) is 0 Å². The maximum absolute atomic E-state index is 5.71. The smallest absolute Gasteiger partial charge is 0.0717 e. The first-order valence-corrected chi connectivity index (χ1v) is 9.47. The molecule has 0 aliphatic rings. The van der Waals surface area contributed by atoms with Crippen LogP contribution >= 0.6 is 28.0 Å². The normalized spacial score (nSPS) is 14.5. The minimum Gasteiger partial charge on any atom is -0.376 e. The third kappa shape index (κ3) is 8.15. The maximum Gasteiger partial charge on any atom is 0.0717 e. The molecule has 2 nitrogen and oxygen atoms in total. The molecule has 2 atom stereocenters. The molecule has 0 aliphatic heterocycles. The molecule has 0 radical (unpaired) electrons. The number of benzene rings is 1. The van der Waals surface area contributed by atoms with Crippen LogP contribution in [-0.2, 0) is 15.5 Å². The molecule has 0 aromatic heterocycles. The lowest BCUT2D eigenvalue weighted by Gasteiger charge is -2.13. The van der Waals surface area contributed by atoms with E-state index in [1.165, 1.54) is 22.2 Å². The Hall–Kier alpha value is 0.187. The molecule has 0 amide bonds. The average Bonchev–Trinajstić information content (AvgIpc) is 2.41. The molecule has 0 heterocycles. The Morgan fingerprint density at radius 1 is 1.26 bits per heavy atom. The summed E-state index contributed by atoms with van der Waals surface area (Å²) in [6.45, 7) is 6.55. The van der Waals surface area contributed by atoms with Gasteiger partial charge in [0.25, 0.3) is 0 Å². The highest BCUT2D eigenvalue weighted by Gasteiger charge is 2.05. The van der Waals surface area contributed by atoms with Crippen LogP contribution in [0.4, 0.5) is 0 Å². The van der Waals surface area contributed by atoms with Gasteiger partial charge in [-0.25, -0.2) is 0 Å². The first-order chi connectivity index (χ1) is 9.11. The zero-order valence-corrected chi connectivity index (χ0v) is 16.3. The molecule has 0 saturated carbocycles. The predicted octanol–water partition coefficient (Wildman–Crippen LogP) is 3.37. The van der Waals surface area contributed by atoms with Crippen LogP contribution in [0.5, 0.6) is 0 Å². The molecule has 0 fully saturated rings. The molecule has 0 aliphatic carbocycles. The summed E-state index contributed by atoms with van der Waals surface area (Å²) in [7, 11) is 1.19. The average molecular weight is 363 g/mol. The molecule has 108 valence electrons. The fourth-order valence-electron chi connectivity index (χ4n) is 1.35. The highest BCUT2D eigenvalue weighted by molar-refractivity contribution is 9.10. The summed E-state index contributed by atoms with van der Waals surface area (Å²) >= 11 is 5.06. The lowest BCUT2D eigenvalue weighted by Crippen LogP contribution is -2.12. The molecular weight excluding hydrogens is 340 g/mol. The number of hydrogen-bond acceptors (Lipinski definition) is 3. The molecule has 1 rings (SSSR count). The Morgan fingerprint density at radius 3 is 2.58 bits per heavy atom. The third-order valence-corrected chi connectivity index (χ3v) is 5.60. The van der Waals surface area contributed by atoms with Crippen LogP contribution in [0.2, 0.25) is 0 Å². The van der Waals surface area contributed by atoms with Gasteiger partial charge in [0.15, 0.2) is 0 Å². The maximum atomic E-state index is 5.71. The fourth-order valence-corrected chi connectivity index (χ4v) is 2.70. The summed E-state index contributed by atoms with van der Waals surface area (Å²) < 4.78 is 12.4. The molecule has 0 N–H and O–H groups in total. The number of rotatable bonds is 9. The van der Waals surface area contributed by atoms with E-state index < -0.39 is 0 Å². The van der Waals surface area contributed by atoms with Gasteiger partial charge in [-0.15, -0.1) is 0 Å². The van der Waals surface area contributed by atoms with Crippen molar-refractivity contribution in [3.8, 4) is 0 Å². The second-order valence-electron chi connectivity index (χ2n) is 4.85. The van der Waals surface area contributed by atoms with Crippen molar-refractivity contribution < 1.29 is 8.92 Å². The van der Waals surface area contributed by atoms with E-state index >= 15 is 0 Å². The van der Waals surface area contributed by atoms with Crippen LogP contribution in [0.25, 0.3) is 0 Å². The first kappa shape index (κ1) is 17.2. The predicted molar refractivity (Wildman–Crippen MR) is 90.5 cm³/mol. The van der Waals surface area contributed by atoms with Gasteiger partial charge in [0.2, 0.25) is 0 Å². The van der Waals surface area contributed by atoms with Crippen LogP contribution in [0.15, 0.2) is 28.7 Å². The minimum absolute atomic E-state index is 0.439. The molecule has 1 aromatic rings. The number of halogens is 1. The van der Waals surface area contributed by atoms with Crippen molar-refractivity contribution in [3.63, 3.8) is 0 Å². The summed E-state index contributed by atoms with van der Waals surface area (Å²) in [6.07, 6.45) is 1.20. The summed E-state index contributed by atoms with van der Waals surface area (Å²) in [5.41, 5.74) is 1.20. The van der Waals surface area contributed by atoms with E-state index in [0.717, 1.165) is 17.7 Å². The standard InChI is InChI=1S/C14H23BrO2SSi/c1-3-14(19)18-17-9-11(2)8-16-10-12-4-6-13(15)7-5-12/h4-7,11,14H,3,8-10H2,1-2,19H3. The topological polar surface area (TPSA) is 18.5 Å². The van der Waals surface area contributed by atoms with E-state index in [1.807, 2.05) is 12.1 Å². The van der Waals surface area contributed by atoms with Crippen molar-refractivity contribution in [1.82, 2.24) is 0 Å². The molecule has 1 aromatic carbocycles. The summed E-state index contributed by atoms with van der Waals surface area (Å²) in [5.74, 6) is 0.439. The molecule has 0 saturated heterocycles. The Labute approximate surface area is 132 Å². The van der Waals surface area contributed by atoms with E-state index in [4.69, 9.17) is 8.92 Å². The van der Waals surface area contributed by atoms with E-state index in [0.29, 0.717) is 17.4 Å². The van der Waals surface area contributed by atoms with Crippen LogP contribution in [0.1, 0.15) is 25.8 Å². The fraction of sp³-hybridized carbons (Fsp3) is 0.571. The second kappa shape index (κ2) is 9.99. The zero-order valence-electron chi connectivity index (χ0n) is 11.9. The lowest BCUT2D eigenvalue weighted by molar-refractivity contribution is 0.0776. The van der Waals surface area contributed by atoms with Gasteiger partial charge in [-0.3, -0.25) is 0 Å². The van der Waals surface area contributed by atoms with E-state index in [-0.39, 0.29) is 0 Å². The second-order valence-corrected chi connectivity index (χ2v) is 9.23. The quantitative estimate of drug-likeness (QED) is 0.495. The van der Waals surface area contributed by atoms with Gasteiger partial charge in [0.05, 0.1) is 19.8 Å². The largest absolute Gasteiger partial charge is 0.376 e. The minimum atomic E-state index is 0.439. The number of ether oxygens (including phenoxy) is 1. The van der Waals surface area contributed by atoms with Gasteiger partial charge in [-0.05, 0) is 36.2 Å². The van der Waals surface area contributed by atoms with Crippen LogP contribution in [-0.4, -0.2) is 28.3 Å². The Kier molecular flexibility index (Phi) is 9.07. The number of hydrogen-bond donors (Lipinski definition) is 0. The van der Waals surface area contributed by atoms with Crippen molar-refractivity contribution in [1.29, 1.82) is 0 Å². The Balaban J connectivity index is 2.10. The van der Waals surface area contributed by atoms with Gasteiger partial charge in [0.1, 0.15) is 0 Å². The van der Waals surface area contributed by atoms with Gasteiger partial charge < -0.3 is 8.92 Å². The zero-order chi connectivity index (χ0) is 14.1. The molecular formula is C14H23BrO2SSi. The van der Waals surface area contributed by atoms with E-state index in [1.54, 1.807) is 12.0 Å². The Bertz CT molecular complexity index is 348. The molecule has 5 heteroatoms. The van der Waals surface area contributed by atoms with Crippen molar-refractivity contribution in [2.75, 3.05) is 13.2 Å². The van der Waals surface area contributed by atoms with Gasteiger partial charge in [-0.2, -0.15) is 0 Å². The Morgan fingerprint density at radius 2 is 1.95 bits per heavy atom. The summed E-state index contributed by atoms with van der Waals surface area (Å²) in [4.78, 5) is 0.705. The van der Waals surface area contributed by atoms with Gasteiger partial charge in [0, 0.05) is 25.5 Å². The van der Waals surface area contributed by atoms with Crippen molar-refractivity contribution in [2.24, 2.45) is 5.92 Å². The van der Waals surface area contributed by atoms with Crippen molar-refractivity contribution in [3.05, 3.63) is 34.3 Å². The van der Waals surface area contributed by atoms with Gasteiger partial charge in [-0.1, -0.05) is 41.9 Å². The molecule has 0 bridgehead atoms. The van der Waals surface area contributed by atoms with Crippen molar-refractivity contribution in [2.45, 2.75) is 31.7 Å². The molecule has 0 spiro atoms. The van der Waals surface area contributed by atoms with Gasteiger partial charge >= 0.3 is 0 Å². The molecule has 2 unspecified atom stereocenters. The van der Waals surface area contributed by atoms with Crippen LogP contribution in [0, 0.1) is 5.92 Å². The summed E-state index contributed by atoms with van der Waals surface area (Å²) in [5, 5.41) is 0. The summed E-state index contributed by atoms with van der Waals surface area (Å²) in [6, 6.07) is 8.24. The monoisotopic (exact) mass is 362 g/mol. The SMILES string of the molecule is CCC([SiH3])SOCC(C)COCc1ccc(Br)cc1. The third-order valence-electron chi connectivity index (χ3n) is 2.74. The lowest BCUT2D eigenvalue weighted by atomic mass is 10.2.